The first-order valence-electron chi connectivity index (χ1n) is 9.76. The number of nitrogens with zero attached hydrogens (tertiary/aromatic N) is 1. The number of halogens is 3. The van der Waals surface area contributed by atoms with Gasteiger partial charge in [0.15, 0.2) is 0 Å². The lowest BCUT2D eigenvalue weighted by molar-refractivity contribution is -0.137. The molecule has 0 aliphatic heterocycles. The van der Waals surface area contributed by atoms with Gasteiger partial charge >= 0.3 is 6.18 Å². The molecule has 0 bridgehead atoms. The summed E-state index contributed by atoms with van der Waals surface area (Å²) in [5.41, 5.74) is 6.50. The van der Waals surface area contributed by atoms with E-state index in [1.54, 1.807) is 12.1 Å². The predicted molar refractivity (Wildman–Crippen MR) is 112 cm³/mol. The molecule has 0 heterocycles. The molecule has 0 spiro atoms. The van der Waals surface area contributed by atoms with Gasteiger partial charge in [0.05, 0.1) is 16.6 Å². The van der Waals surface area contributed by atoms with Crippen LogP contribution in [0.5, 0.6) is 0 Å². The van der Waals surface area contributed by atoms with Crippen molar-refractivity contribution in [3.63, 3.8) is 0 Å². The highest BCUT2D eigenvalue weighted by Crippen LogP contribution is 2.30. The van der Waals surface area contributed by atoms with Gasteiger partial charge in [-0.1, -0.05) is 32.9 Å². The van der Waals surface area contributed by atoms with Crippen molar-refractivity contribution >= 4 is 15.7 Å². The highest BCUT2D eigenvalue weighted by atomic mass is 32.2. The summed E-state index contributed by atoms with van der Waals surface area (Å²) in [6.45, 7) is 7.03. The summed E-state index contributed by atoms with van der Waals surface area (Å²) in [6.07, 6.45) is -4.44. The summed E-state index contributed by atoms with van der Waals surface area (Å²) in [7, 11) is -4.01. The van der Waals surface area contributed by atoms with Crippen molar-refractivity contribution in [2.45, 2.75) is 44.4 Å². The van der Waals surface area contributed by atoms with Crippen LogP contribution in [0.3, 0.4) is 0 Å². The van der Waals surface area contributed by atoms with Crippen molar-refractivity contribution in [2.24, 2.45) is 5.92 Å². The van der Waals surface area contributed by atoms with Gasteiger partial charge in [-0.2, -0.15) is 17.9 Å². The molecule has 0 saturated carbocycles. The van der Waals surface area contributed by atoms with Gasteiger partial charge in [0.25, 0.3) is 0 Å². The molecule has 3 N–H and O–H groups in total. The average molecular weight is 444 g/mol. The lowest BCUT2D eigenvalue weighted by Crippen LogP contribution is -2.52. The summed E-state index contributed by atoms with van der Waals surface area (Å²) >= 11 is 0. The van der Waals surface area contributed by atoms with Crippen LogP contribution in [0.25, 0.3) is 0 Å². The van der Waals surface area contributed by atoms with Gasteiger partial charge in [-0.15, -0.1) is 0 Å². The number of benzene rings is 2. The maximum Gasteiger partial charge on any atom is 0.416 e. The molecule has 2 aromatic carbocycles. The van der Waals surface area contributed by atoms with E-state index in [-0.39, 0.29) is 10.8 Å². The van der Waals surface area contributed by atoms with Crippen LogP contribution in [-0.2, 0) is 22.6 Å². The average Bonchev–Trinajstić information content (AvgIpc) is 2.69. The molecule has 0 aliphatic rings. The Hall–Kier alpha value is -2.10. The Labute approximate surface area is 176 Å². The minimum Gasteiger partial charge on any atom is -0.399 e. The zero-order chi connectivity index (χ0) is 22.5. The Bertz CT molecular complexity index is 910. The van der Waals surface area contributed by atoms with Gasteiger partial charge in [-0.25, -0.2) is 8.42 Å². The lowest BCUT2D eigenvalue weighted by atomic mass is 9.97. The molecule has 0 saturated heterocycles. The van der Waals surface area contributed by atoms with Crippen molar-refractivity contribution in [1.29, 1.82) is 0 Å². The topological polar surface area (TPSA) is 75.4 Å². The second-order valence-electron chi connectivity index (χ2n) is 7.23. The number of sulfonamides is 1. The number of alkyl halides is 3. The first kappa shape index (κ1) is 24.2. The van der Waals surface area contributed by atoms with Gasteiger partial charge in [-0.05, 0) is 67.4 Å². The third kappa shape index (κ3) is 6.20. The van der Waals surface area contributed by atoms with E-state index in [1.165, 1.54) is 0 Å². The third-order valence-corrected chi connectivity index (χ3v) is 6.49. The second-order valence-corrected chi connectivity index (χ2v) is 8.95. The molecule has 0 aliphatic carbocycles. The first-order valence-corrected chi connectivity index (χ1v) is 11.2. The summed E-state index contributed by atoms with van der Waals surface area (Å²) < 4.78 is 66.9. The second kappa shape index (κ2) is 9.80. The van der Waals surface area contributed by atoms with E-state index < -0.39 is 27.9 Å². The number of hydrogen-bond donors (Lipinski definition) is 2. The Morgan fingerprint density at radius 3 is 2.00 bits per heavy atom. The van der Waals surface area contributed by atoms with E-state index in [4.69, 9.17) is 5.73 Å². The molecule has 2 rings (SSSR count). The zero-order valence-corrected chi connectivity index (χ0v) is 18.1. The largest absolute Gasteiger partial charge is 0.416 e. The Kier molecular flexibility index (Phi) is 7.90. The van der Waals surface area contributed by atoms with Crippen LogP contribution >= 0.6 is 0 Å². The molecule has 30 heavy (non-hydrogen) atoms. The van der Waals surface area contributed by atoms with E-state index in [2.05, 4.69) is 4.72 Å². The highest BCUT2D eigenvalue weighted by Gasteiger charge is 2.32. The van der Waals surface area contributed by atoms with E-state index in [0.717, 1.165) is 29.8 Å². The van der Waals surface area contributed by atoms with Crippen LogP contribution in [-0.4, -0.2) is 32.6 Å². The molecule has 2 unspecified atom stereocenters. The Morgan fingerprint density at radius 2 is 1.53 bits per heavy atom. The van der Waals surface area contributed by atoms with Crippen LogP contribution in [0.2, 0.25) is 0 Å². The van der Waals surface area contributed by atoms with Crippen molar-refractivity contribution < 1.29 is 21.6 Å². The highest BCUT2D eigenvalue weighted by molar-refractivity contribution is 7.89. The van der Waals surface area contributed by atoms with Crippen LogP contribution in [0, 0.1) is 5.92 Å². The number of nitrogen functional groups attached to an aromatic ring is 1. The third-order valence-electron chi connectivity index (χ3n) is 5.05. The number of anilines is 1. The van der Waals surface area contributed by atoms with Crippen molar-refractivity contribution in [3.8, 4) is 0 Å². The lowest BCUT2D eigenvalue weighted by Gasteiger charge is -2.34. The fourth-order valence-electron chi connectivity index (χ4n) is 3.35. The zero-order valence-electron chi connectivity index (χ0n) is 17.3. The molecule has 2 aromatic rings. The van der Waals surface area contributed by atoms with Crippen LogP contribution in [0.1, 0.15) is 31.9 Å². The smallest absolute Gasteiger partial charge is 0.399 e. The number of rotatable bonds is 9. The summed E-state index contributed by atoms with van der Waals surface area (Å²) in [5.74, 6) is -0.0993. The maximum absolute atomic E-state index is 12.9. The van der Waals surface area contributed by atoms with Gasteiger partial charge in [0.1, 0.15) is 0 Å². The molecule has 5 nitrogen and oxygen atoms in total. The van der Waals surface area contributed by atoms with Gasteiger partial charge in [0.2, 0.25) is 10.0 Å². The fraction of sp³-hybridized carbons (Fsp3) is 0.429. The number of nitrogens with one attached hydrogen (secondary N) is 1. The molecule has 0 radical (unpaired) electrons. The van der Waals surface area contributed by atoms with Crippen molar-refractivity contribution in [3.05, 3.63) is 59.7 Å². The minimum absolute atomic E-state index is 0.0993. The molecule has 0 fully saturated rings. The molecule has 0 amide bonds. The number of nitrogens with two attached hydrogens (primary N) is 1. The summed E-state index contributed by atoms with van der Waals surface area (Å²) in [6, 6.07) is 10.9. The molecule has 2 atom stereocenters. The standard InChI is InChI=1S/C21H28F3N3O2S/c1-4-27(5-2)20(15(3)14-16-6-10-18(25)11-7-16)26-30(28,29)19-12-8-17(9-13-19)21(22,23)24/h6-13,15,20,26H,4-5,14,25H2,1-3H3. The predicted octanol–water partition coefficient (Wildman–Crippen LogP) is 4.11. The minimum atomic E-state index is -4.52. The number of hydrogen-bond acceptors (Lipinski definition) is 4. The van der Waals surface area contributed by atoms with E-state index in [9.17, 15) is 21.6 Å². The van der Waals surface area contributed by atoms with Crippen molar-refractivity contribution in [1.82, 2.24) is 9.62 Å². The Balaban J connectivity index is 2.27. The normalized spacial score (nSPS) is 14.6. The summed E-state index contributed by atoms with van der Waals surface area (Å²) in [5, 5.41) is 0. The molecular weight excluding hydrogens is 415 g/mol. The van der Waals surface area contributed by atoms with Crippen molar-refractivity contribution in [2.75, 3.05) is 18.8 Å². The first-order chi connectivity index (χ1) is 14.0. The summed E-state index contributed by atoms with van der Waals surface area (Å²) in [4.78, 5) is 1.77. The van der Waals surface area contributed by atoms with Gasteiger partial charge < -0.3 is 5.73 Å². The van der Waals surface area contributed by atoms with E-state index >= 15 is 0 Å². The quantitative estimate of drug-likeness (QED) is 0.452. The molecular formula is C21H28F3N3O2S. The van der Waals surface area contributed by atoms with Crippen LogP contribution in [0.4, 0.5) is 18.9 Å². The molecule has 166 valence electrons. The van der Waals surface area contributed by atoms with E-state index in [1.807, 2.05) is 37.8 Å². The van der Waals surface area contributed by atoms with Gasteiger partial charge in [0, 0.05) is 5.69 Å². The van der Waals surface area contributed by atoms with Crippen LogP contribution in [0.15, 0.2) is 53.4 Å². The fourth-order valence-corrected chi connectivity index (χ4v) is 4.68. The van der Waals surface area contributed by atoms with Gasteiger partial charge in [-0.3, -0.25) is 4.90 Å². The maximum atomic E-state index is 12.9. The monoisotopic (exact) mass is 443 g/mol. The SMILES string of the molecule is CCN(CC)C(NS(=O)(=O)c1ccc(C(F)(F)F)cc1)C(C)Cc1ccc(N)cc1. The molecule has 0 aromatic heterocycles. The van der Waals surface area contributed by atoms with Crippen LogP contribution < -0.4 is 10.5 Å². The van der Waals surface area contributed by atoms with E-state index in [0.29, 0.717) is 25.2 Å². The molecule has 9 heteroatoms. The Morgan fingerprint density at radius 1 is 1.00 bits per heavy atom.